The van der Waals surface area contributed by atoms with Gasteiger partial charge in [0.1, 0.15) is 12.6 Å². The molecule has 1 atom stereocenters. The summed E-state index contributed by atoms with van der Waals surface area (Å²) in [6.45, 7) is 0.228. The van der Waals surface area contributed by atoms with Crippen LogP contribution in [0.15, 0.2) is 47.8 Å². The highest BCUT2D eigenvalue weighted by atomic mass is 32.1. The van der Waals surface area contributed by atoms with E-state index in [4.69, 9.17) is 0 Å². The van der Waals surface area contributed by atoms with Crippen LogP contribution in [-0.2, 0) is 22.6 Å². The third-order valence-corrected chi connectivity index (χ3v) is 4.94. The molecule has 4 amide bonds. The number of amides is 4. The molecule has 25 heavy (non-hydrogen) atoms. The Bertz CT molecular complexity index is 761. The van der Waals surface area contributed by atoms with Crippen LogP contribution in [0.3, 0.4) is 0 Å². The molecule has 7 heteroatoms. The molecule has 1 saturated heterocycles. The number of thiophene rings is 1. The van der Waals surface area contributed by atoms with Gasteiger partial charge >= 0.3 is 6.03 Å². The van der Waals surface area contributed by atoms with Gasteiger partial charge in [0, 0.05) is 18.3 Å². The zero-order valence-electron chi connectivity index (χ0n) is 13.8. The van der Waals surface area contributed by atoms with Crippen molar-refractivity contribution < 1.29 is 14.4 Å². The molecule has 0 spiro atoms. The molecule has 0 bridgehead atoms. The van der Waals surface area contributed by atoms with Crippen molar-refractivity contribution >= 4 is 29.2 Å². The molecule has 1 aliphatic rings. The minimum absolute atomic E-state index is 0.238. The van der Waals surface area contributed by atoms with Crippen LogP contribution in [0.1, 0.15) is 10.4 Å². The van der Waals surface area contributed by atoms with Gasteiger partial charge in [-0.3, -0.25) is 14.5 Å². The number of nitrogens with one attached hydrogen (secondary N) is 1. The first kappa shape index (κ1) is 17.2. The average molecular weight is 357 g/mol. The zero-order chi connectivity index (χ0) is 17.8. The lowest BCUT2D eigenvalue weighted by Crippen LogP contribution is -2.41. The first-order chi connectivity index (χ1) is 12.0. The Morgan fingerprint density at radius 3 is 2.64 bits per heavy atom. The summed E-state index contributed by atoms with van der Waals surface area (Å²) in [5.74, 6) is -0.621. The number of hydrogen-bond donors (Lipinski definition) is 1. The lowest BCUT2D eigenvalue weighted by atomic mass is 10.1. The maximum absolute atomic E-state index is 12.5. The smallest absolute Gasteiger partial charge is 0.325 e. The normalized spacial score (nSPS) is 16.8. The van der Waals surface area contributed by atoms with Gasteiger partial charge in [-0.15, -0.1) is 11.3 Å². The first-order valence-electron chi connectivity index (χ1n) is 7.96. The lowest BCUT2D eigenvalue weighted by Gasteiger charge is -2.19. The van der Waals surface area contributed by atoms with Gasteiger partial charge in [-0.25, -0.2) is 4.79 Å². The third kappa shape index (κ3) is 4.06. The molecule has 1 aliphatic heterocycles. The van der Waals surface area contributed by atoms with Gasteiger partial charge in [-0.1, -0.05) is 36.4 Å². The van der Waals surface area contributed by atoms with Gasteiger partial charge in [0.15, 0.2) is 0 Å². The second-order valence-corrected chi connectivity index (χ2v) is 6.98. The van der Waals surface area contributed by atoms with Crippen LogP contribution in [-0.4, -0.2) is 47.3 Å². The van der Waals surface area contributed by atoms with E-state index in [1.807, 2.05) is 47.8 Å². The lowest BCUT2D eigenvalue weighted by molar-refractivity contribution is -0.136. The van der Waals surface area contributed by atoms with Gasteiger partial charge in [0.05, 0.1) is 6.54 Å². The number of urea groups is 1. The van der Waals surface area contributed by atoms with Crippen LogP contribution in [0.2, 0.25) is 0 Å². The monoisotopic (exact) mass is 357 g/mol. The van der Waals surface area contributed by atoms with E-state index in [1.165, 1.54) is 4.90 Å². The van der Waals surface area contributed by atoms with Gasteiger partial charge < -0.3 is 10.2 Å². The van der Waals surface area contributed by atoms with Crippen LogP contribution >= 0.6 is 11.3 Å². The van der Waals surface area contributed by atoms with E-state index in [-0.39, 0.29) is 18.4 Å². The first-order valence-corrected chi connectivity index (χ1v) is 8.84. The summed E-state index contributed by atoms with van der Waals surface area (Å²) in [5, 5.41) is 4.60. The molecule has 2 aromatic rings. The van der Waals surface area contributed by atoms with Gasteiger partial charge in [0.2, 0.25) is 5.91 Å². The number of likely N-dealkylation sites (N-methyl/N-ethyl adjacent to an activating group) is 1. The number of imide groups is 1. The molecule has 1 aromatic heterocycles. The highest BCUT2D eigenvalue weighted by Gasteiger charge is 2.39. The van der Waals surface area contributed by atoms with Gasteiger partial charge in [-0.05, 0) is 17.0 Å². The number of nitrogens with zero attached hydrogens (tertiary/aromatic N) is 2. The Kier molecular flexibility index (Phi) is 5.14. The van der Waals surface area contributed by atoms with Crippen molar-refractivity contribution in [3.8, 4) is 0 Å². The predicted octanol–water partition coefficient (Wildman–Crippen LogP) is 1.87. The molecule has 1 N–H and O–H groups in total. The Balaban J connectivity index is 1.59. The fourth-order valence-electron chi connectivity index (χ4n) is 2.70. The van der Waals surface area contributed by atoms with Crippen molar-refractivity contribution in [1.82, 2.24) is 15.1 Å². The molecule has 1 fully saturated rings. The molecule has 0 aliphatic carbocycles. The summed E-state index contributed by atoms with van der Waals surface area (Å²) in [6, 6.07) is 12.2. The summed E-state index contributed by atoms with van der Waals surface area (Å²) in [5.41, 5.74) is 0.962. The number of carbonyl (C=O) groups excluding carboxylic acids is 3. The number of benzene rings is 1. The maximum Gasteiger partial charge on any atom is 0.325 e. The molecule has 0 radical (unpaired) electrons. The minimum Gasteiger partial charge on any atom is -0.339 e. The highest BCUT2D eigenvalue weighted by molar-refractivity contribution is 7.09. The SMILES string of the molecule is CN(Cc1cccs1)C(=O)CN1C(=O)N[C@H](Cc2ccccc2)C1=O. The van der Waals surface area contributed by atoms with Crippen LogP contribution in [0.25, 0.3) is 0 Å². The Hall–Kier alpha value is -2.67. The fourth-order valence-corrected chi connectivity index (χ4v) is 3.45. The molecule has 2 heterocycles. The molecule has 1 aromatic carbocycles. The van der Waals surface area contributed by atoms with E-state index in [0.29, 0.717) is 13.0 Å². The van der Waals surface area contributed by atoms with Crippen LogP contribution < -0.4 is 5.32 Å². The van der Waals surface area contributed by atoms with Crippen LogP contribution in [0.4, 0.5) is 4.79 Å². The zero-order valence-corrected chi connectivity index (χ0v) is 14.7. The van der Waals surface area contributed by atoms with E-state index in [1.54, 1.807) is 18.4 Å². The third-order valence-electron chi connectivity index (χ3n) is 4.08. The molecule has 3 rings (SSSR count). The topological polar surface area (TPSA) is 69.7 Å². The standard InChI is InChI=1S/C18H19N3O3S/c1-20(11-14-8-5-9-25-14)16(22)12-21-17(23)15(19-18(21)24)10-13-6-3-2-4-7-13/h2-9,15H,10-12H2,1H3,(H,19,24)/t15-/m1/s1. The molecular weight excluding hydrogens is 338 g/mol. The second kappa shape index (κ2) is 7.48. The number of hydrogen-bond acceptors (Lipinski definition) is 4. The van der Waals surface area contributed by atoms with Crippen molar-refractivity contribution in [3.05, 3.63) is 58.3 Å². The summed E-state index contributed by atoms with van der Waals surface area (Å²) >= 11 is 1.56. The predicted molar refractivity (Wildman–Crippen MR) is 95.0 cm³/mol. The van der Waals surface area contributed by atoms with E-state index >= 15 is 0 Å². The van der Waals surface area contributed by atoms with Crippen LogP contribution in [0, 0.1) is 0 Å². The Morgan fingerprint density at radius 1 is 1.20 bits per heavy atom. The molecule has 0 saturated carbocycles. The summed E-state index contributed by atoms with van der Waals surface area (Å²) < 4.78 is 0. The second-order valence-electron chi connectivity index (χ2n) is 5.95. The van der Waals surface area contributed by atoms with Crippen molar-refractivity contribution in [2.24, 2.45) is 0 Å². The minimum atomic E-state index is -0.620. The largest absolute Gasteiger partial charge is 0.339 e. The van der Waals surface area contributed by atoms with Crippen molar-refractivity contribution in [1.29, 1.82) is 0 Å². The molecule has 0 unspecified atom stereocenters. The highest BCUT2D eigenvalue weighted by Crippen LogP contribution is 2.14. The maximum atomic E-state index is 12.5. The average Bonchev–Trinajstić information content (AvgIpc) is 3.20. The number of carbonyl (C=O) groups is 3. The van der Waals surface area contributed by atoms with E-state index < -0.39 is 12.1 Å². The van der Waals surface area contributed by atoms with Crippen molar-refractivity contribution in [3.63, 3.8) is 0 Å². The van der Waals surface area contributed by atoms with E-state index in [2.05, 4.69) is 5.32 Å². The Morgan fingerprint density at radius 2 is 1.96 bits per heavy atom. The summed E-state index contributed by atoms with van der Waals surface area (Å²) in [4.78, 5) is 40.5. The number of rotatable bonds is 6. The fraction of sp³-hybridized carbons (Fsp3) is 0.278. The van der Waals surface area contributed by atoms with Crippen molar-refractivity contribution in [2.45, 2.75) is 19.0 Å². The molecule has 6 nitrogen and oxygen atoms in total. The van der Waals surface area contributed by atoms with E-state index in [9.17, 15) is 14.4 Å². The van der Waals surface area contributed by atoms with Gasteiger partial charge in [0.25, 0.3) is 5.91 Å². The summed E-state index contributed by atoms with van der Waals surface area (Å²) in [7, 11) is 1.67. The quantitative estimate of drug-likeness (QED) is 0.803. The van der Waals surface area contributed by atoms with Crippen LogP contribution in [0.5, 0.6) is 0 Å². The van der Waals surface area contributed by atoms with Gasteiger partial charge in [-0.2, -0.15) is 0 Å². The van der Waals surface area contributed by atoms with Crippen molar-refractivity contribution in [2.75, 3.05) is 13.6 Å². The van der Waals surface area contributed by atoms with E-state index in [0.717, 1.165) is 15.3 Å². The molecular formula is C18H19N3O3S. The molecule has 130 valence electrons. The Labute approximate surface area is 150 Å². The summed E-state index contributed by atoms with van der Waals surface area (Å²) in [6.07, 6.45) is 0.418.